The van der Waals surface area contributed by atoms with Crippen molar-refractivity contribution >= 4 is 23.2 Å². The molecule has 2 aromatic rings. The van der Waals surface area contributed by atoms with Gasteiger partial charge < -0.3 is 19.9 Å². The molecule has 2 aliphatic heterocycles. The van der Waals surface area contributed by atoms with Crippen LogP contribution in [-0.2, 0) is 9.53 Å². The zero-order chi connectivity index (χ0) is 21.6. The fourth-order valence-electron chi connectivity index (χ4n) is 3.80. The largest absolute Gasteiger partial charge is 0.378 e. The third-order valence-electron chi connectivity index (χ3n) is 5.47. The van der Waals surface area contributed by atoms with Crippen LogP contribution in [0.3, 0.4) is 0 Å². The summed E-state index contributed by atoms with van der Waals surface area (Å²) < 4.78 is 18.6. The zero-order valence-electron chi connectivity index (χ0n) is 17.3. The highest BCUT2D eigenvalue weighted by molar-refractivity contribution is 5.93. The van der Waals surface area contributed by atoms with E-state index in [0.29, 0.717) is 50.8 Å². The lowest BCUT2D eigenvalue weighted by molar-refractivity contribution is -0.117. The number of morpholine rings is 1. The summed E-state index contributed by atoms with van der Waals surface area (Å²) in [5, 5.41) is 2.70. The van der Waals surface area contributed by atoms with E-state index in [-0.39, 0.29) is 18.4 Å². The van der Waals surface area contributed by atoms with Gasteiger partial charge in [0.1, 0.15) is 11.5 Å². The molecule has 1 N–H and O–H groups in total. The van der Waals surface area contributed by atoms with Crippen molar-refractivity contribution < 1.29 is 18.7 Å². The van der Waals surface area contributed by atoms with Gasteiger partial charge in [0.2, 0.25) is 5.91 Å². The lowest BCUT2D eigenvalue weighted by Gasteiger charge is -2.34. The molecule has 0 spiro atoms. The van der Waals surface area contributed by atoms with Crippen LogP contribution in [0.5, 0.6) is 0 Å². The number of anilines is 2. The normalized spacial score (nSPS) is 17.5. The van der Waals surface area contributed by atoms with Gasteiger partial charge in [0.15, 0.2) is 0 Å². The Bertz CT molecular complexity index is 927. The average Bonchev–Trinajstić information content (AvgIpc) is 2.80. The first-order valence-electron chi connectivity index (χ1n) is 10.4. The van der Waals surface area contributed by atoms with Gasteiger partial charge in [-0.05, 0) is 30.3 Å². The number of piperazine rings is 1. The number of benzene rings is 1. The van der Waals surface area contributed by atoms with Crippen LogP contribution < -0.4 is 10.2 Å². The molecule has 2 aliphatic rings. The van der Waals surface area contributed by atoms with Gasteiger partial charge in [0.25, 0.3) is 5.91 Å². The second-order valence-corrected chi connectivity index (χ2v) is 7.63. The van der Waals surface area contributed by atoms with Crippen molar-refractivity contribution in [2.75, 3.05) is 69.2 Å². The second kappa shape index (κ2) is 9.84. The molecule has 31 heavy (non-hydrogen) atoms. The number of nitrogens with one attached hydrogen (secondary N) is 1. The van der Waals surface area contributed by atoms with Crippen LogP contribution in [0.4, 0.5) is 15.8 Å². The standard InChI is InChI=1S/C22H26FN5O3/c23-17-2-1-3-18(14-17)25-21(29)16-26-6-8-28(9-7-26)22(30)20-15-19(4-5-24-20)27-10-12-31-13-11-27/h1-5,14-15H,6-13,16H2,(H,25,29). The van der Waals surface area contributed by atoms with Crippen LogP contribution in [0.1, 0.15) is 10.5 Å². The Balaban J connectivity index is 1.28. The molecule has 0 unspecified atom stereocenters. The molecule has 0 atom stereocenters. The lowest BCUT2D eigenvalue weighted by atomic mass is 10.2. The SMILES string of the molecule is O=C(CN1CCN(C(=O)c2cc(N3CCOCC3)ccn2)CC1)Nc1cccc(F)c1. The maximum atomic E-state index is 13.3. The van der Waals surface area contributed by atoms with Crippen molar-refractivity contribution in [3.63, 3.8) is 0 Å². The van der Waals surface area contributed by atoms with Crippen molar-refractivity contribution in [1.82, 2.24) is 14.8 Å². The highest BCUT2D eigenvalue weighted by Crippen LogP contribution is 2.18. The van der Waals surface area contributed by atoms with Crippen LogP contribution >= 0.6 is 0 Å². The number of hydrogen-bond donors (Lipinski definition) is 1. The minimum Gasteiger partial charge on any atom is -0.378 e. The van der Waals surface area contributed by atoms with Crippen LogP contribution in [0.2, 0.25) is 0 Å². The summed E-state index contributed by atoms with van der Waals surface area (Å²) in [4.78, 5) is 35.4. The summed E-state index contributed by atoms with van der Waals surface area (Å²) in [6, 6.07) is 9.57. The summed E-state index contributed by atoms with van der Waals surface area (Å²) in [6.45, 7) is 5.38. The Morgan fingerprint density at radius 2 is 1.81 bits per heavy atom. The first kappa shape index (κ1) is 21.2. The van der Waals surface area contributed by atoms with E-state index in [1.165, 1.54) is 12.1 Å². The number of rotatable bonds is 5. The van der Waals surface area contributed by atoms with E-state index in [1.807, 2.05) is 17.0 Å². The predicted octanol–water partition coefficient (Wildman–Crippen LogP) is 1.45. The van der Waals surface area contributed by atoms with Gasteiger partial charge in [-0.2, -0.15) is 0 Å². The molecule has 4 rings (SSSR count). The molecule has 0 saturated carbocycles. The van der Waals surface area contributed by atoms with Gasteiger partial charge in [-0.25, -0.2) is 4.39 Å². The first-order valence-corrected chi connectivity index (χ1v) is 10.4. The molecule has 0 bridgehead atoms. The monoisotopic (exact) mass is 427 g/mol. The Morgan fingerprint density at radius 1 is 1.03 bits per heavy atom. The number of aromatic nitrogens is 1. The highest BCUT2D eigenvalue weighted by Gasteiger charge is 2.25. The smallest absolute Gasteiger partial charge is 0.272 e. The van der Waals surface area contributed by atoms with E-state index in [0.717, 1.165) is 18.8 Å². The van der Waals surface area contributed by atoms with Crippen molar-refractivity contribution in [2.45, 2.75) is 0 Å². The van der Waals surface area contributed by atoms with Crippen LogP contribution in [0, 0.1) is 5.82 Å². The molecule has 8 nitrogen and oxygen atoms in total. The summed E-state index contributed by atoms with van der Waals surface area (Å²) in [7, 11) is 0. The Labute approximate surface area is 180 Å². The van der Waals surface area contributed by atoms with Crippen LogP contribution in [0.25, 0.3) is 0 Å². The van der Waals surface area contributed by atoms with Crippen LogP contribution in [-0.4, -0.2) is 85.6 Å². The molecule has 2 saturated heterocycles. The average molecular weight is 427 g/mol. The van der Waals surface area contributed by atoms with Crippen LogP contribution in [0.15, 0.2) is 42.6 Å². The van der Waals surface area contributed by atoms with Gasteiger partial charge in [0, 0.05) is 56.8 Å². The molecular formula is C22H26FN5O3. The number of ether oxygens (including phenoxy) is 1. The van der Waals surface area contributed by atoms with E-state index >= 15 is 0 Å². The molecule has 2 amide bonds. The zero-order valence-corrected chi connectivity index (χ0v) is 17.3. The molecule has 0 radical (unpaired) electrons. The number of amides is 2. The molecule has 9 heteroatoms. The van der Waals surface area contributed by atoms with E-state index in [9.17, 15) is 14.0 Å². The minimum absolute atomic E-state index is 0.0982. The third-order valence-corrected chi connectivity index (χ3v) is 5.47. The number of carbonyl (C=O) groups excluding carboxylic acids is 2. The summed E-state index contributed by atoms with van der Waals surface area (Å²) in [5.41, 5.74) is 1.85. The van der Waals surface area contributed by atoms with Crippen molar-refractivity contribution in [1.29, 1.82) is 0 Å². The fraction of sp³-hybridized carbons (Fsp3) is 0.409. The molecule has 1 aromatic heterocycles. The number of hydrogen-bond acceptors (Lipinski definition) is 6. The topological polar surface area (TPSA) is 78.0 Å². The van der Waals surface area contributed by atoms with Gasteiger partial charge in [-0.3, -0.25) is 19.5 Å². The van der Waals surface area contributed by atoms with E-state index < -0.39 is 5.82 Å². The number of halogens is 1. The van der Waals surface area contributed by atoms with Gasteiger partial charge in [-0.1, -0.05) is 6.07 Å². The van der Waals surface area contributed by atoms with Gasteiger partial charge >= 0.3 is 0 Å². The fourth-order valence-corrected chi connectivity index (χ4v) is 3.80. The Hall–Kier alpha value is -3.04. The molecular weight excluding hydrogens is 401 g/mol. The third kappa shape index (κ3) is 5.56. The maximum absolute atomic E-state index is 13.3. The summed E-state index contributed by atoms with van der Waals surface area (Å²) >= 11 is 0. The molecule has 164 valence electrons. The molecule has 1 aromatic carbocycles. The number of pyridine rings is 1. The van der Waals surface area contributed by atoms with E-state index in [1.54, 1.807) is 23.2 Å². The van der Waals surface area contributed by atoms with Gasteiger partial charge in [-0.15, -0.1) is 0 Å². The Kier molecular flexibility index (Phi) is 6.73. The summed E-state index contributed by atoms with van der Waals surface area (Å²) in [6.07, 6.45) is 1.67. The van der Waals surface area contributed by atoms with Gasteiger partial charge in [0.05, 0.1) is 19.8 Å². The lowest BCUT2D eigenvalue weighted by Crippen LogP contribution is -2.50. The molecule has 0 aliphatic carbocycles. The quantitative estimate of drug-likeness (QED) is 0.779. The van der Waals surface area contributed by atoms with E-state index in [2.05, 4.69) is 15.2 Å². The second-order valence-electron chi connectivity index (χ2n) is 7.63. The van der Waals surface area contributed by atoms with Crippen molar-refractivity contribution in [3.8, 4) is 0 Å². The minimum atomic E-state index is -0.392. The van der Waals surface area contributed by atoms with Crippen molar-refractivity contribution in [3.05, 3.63) is 54.1 Å². The number of nitrogens with zero attached hydrogens (tertiary/aromatic N) is 4. The Morgan fingerprint density at radius 3 is 2.55 bits per heavy atom. The molecule has 2 fully saturated rings. The number of carbonyl (C=O) groups is 2. The van der Waals surface area contributed by atoms with Crippen molar-refractivity contribution in [2.24, 2.45) is 0 Å². The predicted molar refractivity (Wildman–Crippen MR) is 115 cm³/mol. The molecule has 3 heterocycles. The van der Waals surface area contributed by atoms with E-state index in [4.69, 9.17) is 4.74 Å². The highest BCUT2D eigenvalue weighted by atomic mass is 19.1. The first-order chi connectivity index (χ1) is 15.1. The summed E-state index contributed by atoms with van der Waals surface area (Å²) in [5.74, 6) is -0.694. The maximum Gasteiger partial charge on any atom is 0.272 e.